The number of benzene rings is 2. The van der Waals surface area contributed by atoms with Gasteiger partial charge in [-0.05, 0) is 41.4 Å². The van der Waals surface area contributed by atoms with E-state index in [9.17, 15) is 4.79 Å². The van der Waals surface area contributed by atoms with Gasteiger partial charge in [0, 0.05) is 24.1 Å². The summed E-state index contributed by atoms with van der Waals surface area (Å²) < 4.78 is 13.6. The smallest absolute Gasteiger partial charge is 0.227 e. The van der Waals surface area contributed by atoms with Crippen molar-refractivity contribution in [1.82, 2.24) is 14.8 Å². The quantitative estimate of drug-likeness (QED) is 0.535. The fraction of sp³-hybridized carbons (Fsp3) is 0.346. The summed E-state index contributed by atoms with van der Waals surface area (Å²) in [4.78, 5) is 18.4. The second kappa shape index (κ2) is 8.83. The number of anilines is 1. The van der Waals surface area contributed by atoms with E-state index in [4.69, 9.17) is 19.6 Å². The molecule has 0 spiro atoms. The van der Waals surface area contributed by atoms with Crippen LogP contribution in [0.5, 0.6) is 11.5 Å². The maximum atomic E-state index is 13.7. The Balaban J connectivity index is 1.45. The van der Waals surface area contributed by atoms with Gasteiger partial charge in [-0.1, -0.05) is 55.1 Å². The van der Waals surface area contributed by atoms with Gasteiger partial charge in [-0.2, -0.15) is 4.98 Å². The predicted molar refractivity (Wildman–Crippen MR) is 131 cm³/mol. The summed E-state index contributed by atoms with van der Waals surface area (Å²) in [5.41, 5.74) is 3.84. The summed E-state index contributed by atoms with van der Waals surface area (Å²) >= 11 is 1.59. The van der Waals surface area contributed by atoms with Gasteiger partial charge >= 0.3 is 0 Å². The average molecular weight is 475 g/mol. The van der Waals surface area contributed by atoms with Crippen LogP contribution in [0.3, 0.4) is 0 Å². The van der Waals surface area contributed by atoms with Crippen molar-refractivity contribution in [3.63, 3.8) is 0 Å². The molecule has 1 N–H and O–H groups in total. The Kier molecular flexibility index (Phi) is 5.53. The lowest BCUT2D eigenvalue weighted by atomic mass is 9.78. The third-order valence-corrected chi connectivity index (χ3v) is 7.25. The molecule has 0 fully saturated rings. The Morgan fingerprint density at radius 2 is 1.88 bits per heavy atom. The second-order valence-electron chi connectivity index (χ2n) is 8.71. The Hall–Kier alpha value is -3.26. The summed E-state index contributed by atoms with van der Waals surface area (Å²) in [5, 5.41) is 8.94. The van der Waals surface area contributed by atoms with E-state index in [1.165, 1.54) is 5.56 Å². The number of nitrogens with one attached hydrogen (secondary N) is 1. The van der Waals surface area contributed by atoms with Crippen LogP contribution >= 0.6 is 11.8 Å². The summed E-state index contributed by atoms with van der Waals surface area (Å²) in [5.74, 6) is 3.29. The maximum absolute atomic E-state index is 13.7. The van der Waals surface area contributed by atoms with Crippen LogP contribution < -0.4 is 14.8 Å². The van der Waals surface area contributed by atoms with Gasteiger partial charge in [0.1, 0.15) is 6.04 Å². The molecule has 7 nitrogen and oxygen atoms in total. The minimum absolute atomic E-state index is 0.142. The van der Waals surface area contributed by atoms with Crippen molar-refractivity contribution in [3.05, 3.63) is 70.9 Å². The molecule has 6 rings (SSSR count). The lowest BCUT2D eigenvalue weighted by Gasteiger charge is -2.35. The molecule has 1 aliphatic carbocycles. The van der Waals surface area contributed by atoms with Gasteiger partial charge in [-0.3, -0.25) is 4.79 Å². The highest BCUT2D eigenvalue weighted by Gasteiger charge is 2.40. The first-order valence-electron chi connectivity index (χ1n) is 11.8. The number of carbonyl (C=O) groups is 1. The number of ketones is 1. The first-order chi connectivity index (χ1) is 16.7. The van der Waals surface area contributed by atoms with Crippen molar-refractivity contribution >= 4 is 23.5 Å². The van der Waals surface area contributed by atoms with E-state index in [-0.39, 0.29) is 17.7 Å². The van der Waals surface area contributed by atoms with Gasteiger partial charge < -0.3 is 14.8 Å². The monoisotopic (exact) mass is 474 g/mol. The van der Waals surface area contributed by atoms with Crippen molar-refractivity contribution < 1.29 is 14.3 Å². The minimum atomic E-state index is -0.355. The molecule has 0 saturated carbocycles. The summed E-state index contributed by atoms with van der Waals surface area (Å²) in [7, 11) is 0. The molecule has 2 unspecified atom stereocenters. The fourth-order valence-corrected chi connectivity index (χ4v) is 5.56. The topological polar surface area (TPSA) is 78.3 Å². The number of allylic oxidation sites excluding steroid dienone is 2. The van der Waals surface area contributed by atoms with E-state index in [1.807, 2.05) is 41.1 Å². The minimum Gasteiger partial charge on any atom is -0.490 e. The molecule has 2 aliphatic heterocycles. The van der Waals surface area contributed by atoms with Crippen molar-refractivity contribution in [1.29, 1.82) is 0 Å². The lowest BCUT2D eigenvalue weighted by molar-refractivity contribution is -0.116. The van der Waals surface area contributed by atoms with Crippen LogP contribution in [0.4, 0.5) is 5.95 Å². The molecule has 2 atom stereocenters. The summed E-state index contributed by atoms with van der Waals surface area (Å²) in [6, 6.07) is 15.9. The van der Waals surface area contributed by atoms with Crippen LogP contribution in [0, 0.1) is 0 Å². The largest absolute Gasteiger partial charge is 0.490 e. The maximum Gasteiger partial charge on any atom is 0.227 e. The normalized spacial score (nSPS) is 21.4. The first-order valence-corrected chi connectivity index (χ1v) is 12.8. The molecular formula is C26H26N4O3S. The Bertz CT molecular complexity index is 1270. The van der Waals surface area contributed by atoms with Gasteiger partial charge in [-0.15, -0.1) is 5.10 Å². The third-order valence-electron chi connectivity index (χ3n) is 6.53. The number of hydrogen-bond acceptors (Lipinski definition) is 7. The van der Waals surface area contributed by atoms with Crippen LogP contribution in [0.15, 0.2) is 65.0 Å². The summed E-state index contributed by atoms with van der Waals surface area (Å²) in [6.07, 6.45) is 2.08. The number of nitrogens with zero attached hydrogens (tertiary/aromatic N) is 3. The highest BCUT2D eigenvalue weighted by Crippen LogP contribution is 2.45. The van der Waals surface area contributed by atoms with Crippen LogP contribution in [0.25, 0.3) is 0 Å². The van der Waals surface area contributed by atoms with E-state index in [0.29, 0.717) is 36.5 Å². The Morgan fingerprint density at radius 3 is 2.71 bits per heavy atom. The van der Waals surface area contributed by atoms with Crippen molar-refractivity contribution in [2.45, 2.75) is 43.3 Å². The third kappa shape index (κ3) is 3.76. The van der Waals surface area contributed by atoms with E-state index < -0.39 is 0 Å². The number of carbonyl (C=O) groups excluding carboxylic acids is 1. The van der Waals surface area contributed by atoms with Crippen molar-refractivity contribution in [2.24, 2.45) is 0 Å². The van der Waals surface area contributed by atoms with Crippen LogP contribution in [-0.4, -0.2) is 39.5 Å². The van der Waals surface area contributed by atoms with Crippen molar-refractivity contribution in [3.8, 4) is 11.5 Å². The highest BCUT2D eigenvalue weighted by molar-refractivity contribution is 7.99. The number of Topliss-reactive ketones (excluding diaryl/α,β-unsaturated/α-hetero) is 1. The fourth-order valence-electron chi connectivity index (χ4n) is 5.00. The molecule has 0 saturated heterocycles. The van der Waals surface area contributed by atoms with Gasteiger partial charge in [0.2, 0.25) is 11.1 Å². The number of hydrogen-bond donors (Lipinski definition) is 1. The van der Waals surface area contributed by atoms with E-state index in [2.05, 4.69) is 24.4 Å². The first kappa shape index (κ1) is 21.3. The molecule has 34 heavy (non-hydrogen) atoms. The molecule has 2 aromatic carbocycles. The lowest BCUT2D eigenvalue weighted by Crippen LogP contribution is -2.33. The molecular weight excluding hydrogens is 448 g/mol. The summed E-state index contributed by atoms with van der Waals surface area (Å²) in [6.45, 7) is 3.33. The Morgan fingerprint density at radius 1 is 1.06 bits per heavy atom. The number of aromatic nitrogens is 3. The molecule has 174 valence electrons. The molecule has 0 radical (unpaired) electrons. The van der Waals surface area contributed by atoms with Crippen LogP contribution in [0.2, 0.25) is 0 Å². The number of thioether (sulfide) groups is 1. The number of rotatable bonds is 4. The molecule has 1 aromatic heterocycles. The van der Waals surface area contributed by atoms with Gasteiger partial charge in [0.25, 0.3) is 0 Å². The van der Waals surface area contributed by atoms with Gasteiger partial charge in [-0.25, -0.2) is 4.68 Å². The number of ether oxygens (including phenoxy) is 2. The molecule has 3 aliphatic rings. The SMILES string of the molecule is CCSc1nc2n(n1)C(c1ccc3c(c1)OCCCO3)C1=C(CC(c3ccccc3)CC1=O)N2. The highest BCUT2D eigenvalue weighted by atomic mass is 32.2. The zero-order valence-corrected chi connectivity index (χ0v) is 19.8. The molecule has 3 heterocycles. The molecule has 8 heteroatoms. The number of fused-ring (bicyclic) bond motifs is 2. The average Bonchev–Trinajstić information content (AvgIpc) is 3.10. The molecule has 0 amide bonds. The standard InChI is InChI=1S/C26H26N4O3S/c1-2-34-26-28-25-27-19-13-18(16-7-4-3-5-8-16)14-20(31)23(19)24(30(25)29-26)17-9-10-21-22(15-17)33-12-6-11-32-21/h3-5,7-10,15,18,24H,2,6,11-14H2,1H3,(H,27,28,29). The van der Waals surface area contributed by atoms with Crippen molar-refractivity contribution in [2.75, 3.05) is 24.3 Å². The molecule has 0 bridgehead atoms. The molecule has 3 aromatic rings. The second-order valence-corrected chi connectivity index (χ2v) is 9.94. The zero-order chi connectivity index (χ0) is 23.1. The van der Waals surface area contributed by atoms with E-state index in [0.717, 1.165) is 41.2 Å². The Labute approximate surface area is 202 Å². The van der Waals surface area contributed by atoms with E-state index >= 15 is 0 Å². The van der Waals surface area contributed by atoms with E-state index in [1.54, 1.807) is 11.8 Å². The zero-order valence-electron chi connectivity index (χ0n) is 19.0. The van der Waals surface area contributed by atoms with Crippen LogP contribution in [-0.2, 0) is 4.79 Å². The van der Waals surface area contributed by atoms with Gasteiger partial charge in [0.05, 0.1) is 13.2 Å². The van der Waals surface area contributed by atoms with Gasteiger partial charge in [0.15, 0.2) is 17.3 Å². The predicted octanol–water partition coefficient (Wildman–Crippen LogP) is 4.97. The van der Waals surface area contributed by atoms with Crippen LogP contribution in [0.1, 0.15) is 49.3 Å².